The lowest BCUT2D eigenvalue weighted by Crippen LogP contribution is -2.42. The average molecular weight is 462 g/mol. The number of para-hydroxylation sites is 1. The number of methoxy groups -OCH3 is 1. The number of hydrogen-bond donors (Lipinski definition) is 0. The summed E-state index contributed by atoms with van der Waals surface area (Å²) in [5.41, 5.74) is 5.10. The molecule has 0 saturated carbocycles. The highest BCUT2D eigenvalue weighted by Gasteiger charge is 2.31. The van der Waals surface area contributed by atoms with Crippen molar-refractivity contribution in [3.05, 3.63) is 54.7 Å². The third-order valence-electron chi connectivity index (χ3n) is 6.56. The van der Waals surface area contributed by atoms with Crippen LogP contribution < -0.4 is 10.2 Å². The molecule has 0 bridgehead atoms. The van der Waals surface area contributed by atoms with Gasteiger partial charge in [0.1, 0.15) is 5.69 Å². The lowest BCUT2D eigenvalue weighted by atomic mass is 10.1. The molecule has 6 nitrogen and oxygen atoms in total. The molecule has 1 aromatic carbocycles. The van der Waals surface area contributed by atoms with E-state index in [9.17, 15) is 4.79 Å². The van der Waals surface area contributed by atoms with E-state index in [1.807, 2.05) is 12.1 Å². The minimum Gasteiger partial charge on any atom is -0.464 e. The summed E-state index contributed by atoms with van der Waals surface area (Å²) in [6.07, 6.45) is 1.94. The van der Waals surface area contributed by atoms with Gasteiger partial charge in [-0.25, -0.2) is 4.79 Å². The van der Waals surface area contributed by atoms with Crippen LogP contribution in [0.1, 0.15) is 10.5 Å². The first-order valence-electron chi connectivity index (χ1n) is 11.5. The van der Waals surface area contributed by atoms with Gasteiger partial charge in [-0.05, 0) is 18.2 Å². The van der Waals surface area contributed by atoms with Crippen molar-refractivity contribution in [1.29, 1.82) is 0 Å². The van der Waals surface area contributed by atoms with Gasteiger partial charge in [0.25, 0.3) is 0 Å². The highest BCUT2D eigenvalue weighted by atomic mass is 28.3. The Kier molecular flexibility index (Phi) is 5.33. The summed E-state index contributed by atoms with van der Waals surface area (Å²) in [7, 11) is -0.367. The van der Waals surface area contributed by atoms with Crippen LogP contribution in [0.2, 0.25) is 19.6 Å². The number of allylic oxidation sites excluding steroid dienone is 1. The zero-order valence-corrected chi connectivity index (χ0v) is 20.9. The van der Waals surface area contributed by atoms with Crippen LogP contribution >= 0.6 is 0 Å². The van der Waals surface area contributed by atoms with Gasteiger partial charge < -0.3 is 23.3 Å². The van der Waals surface area contributed by atoms with E-state index >= 15 is 0 Å². The normalized spacial score (nSPS) is 15.0. The molecule has 0 spiro atoms. The molecular formula is C26H31N3O3Si. The van der Waals surface area contributed by atoms with Crippen LogP contribution in [0.15, 0.2) is 49.1 Å². The number of esters is 1. The number of fused-ring (bicyclic) bond motifs is 5. The fourth-order valence-electron chi connectivity index (χ4n) is 5.08. The number of nitrogens with zero attached hydrogens (tertiary/aromatic N) is 3. The topological polar surface area (TPSA) is 48.1 Å². The Morgan fingerprint density at radius 1 is 1.12 bits per heavy atom. The second kappa shape index (κ2) is 8.08. The molecule has 0 unspecified atom stereocenters. The van der Waals surface area contributed by atoms with Gasteiger partial charge in [-0.2, -0.15) is 0 Å². The molecule has 7 heteroatoms. The molecule has 172 valence electrons. The number of hydrogen-bond acceptors (Lipinski definition) is 4. The third-order valence-corrected chi connectivity index (χ3v) is 8.47. The SMILES string of the molecule is C=CCn1c2ccccc2c2cc(C(=O)OC)n3c([Si](C)(C)C)cc(N4CCOCC4)c3c21. The molecule has 4 heterocycles. The summed E-state index contributed by atoms with van der Waals surface area (Å²) >= 11 is 0. The van der Waals surface area contributed by atoms with Gasteiger partial charge in [-0.1, -0.05) is 43.9 Å². The highest BCUT2D eigenvalue weighted by Crippen LogP contribution is 2.38. The summed E-state index contributed by atoms with van der Waals surface area (Å²) in [5, 5.41) is 3.41. The van der Waals surface area contributed by atoms with Crippen molar-refractivity contribution in [2.75, 3.05) is 38.3 Å². The van der Waals surface area contributed by atoms with E-state index in [4.69, 9.17) is 9.47 Å². The number of anilines is 1. The van der Waals surface area contributed by atoms with Gasteiger partial charge in [-0.15, -0.1) is 6.58 Å². The van der Waals surface area contributed by atoms with Crippen LogP contribution in [-0.2, 0) is 16.0 Å². The number of aromatic nitrogens is 2. The Morgan fingerprint density at radius 2 is 1.85 bits per heavy atom. The monoisotopic (exact) mass is 461 g/mol. The molecule has 1 saturated heterocycles. The Labute approximate surface area is 195 Å². The Bertz CT molecular complexity index is 1390. The van der Waals surface area contributed by atoms with Gasteiger partial charge in [0.05, 0.1) is 45.1 Å². The number of carbonyl (C=O) groups is 1. The number of ether oxygens (including phenoxy) is 2. The zero-order valence-electron chi connectivity index (χ0n) is 19.9. The minimum absolute atomic E-state index is 0.314. The summed E-state index contributed by atoms with van der Waals surface area (Å²) in [6, 6.07) is 12.7. The second-order valence-corrected chi connectivity index (χ2v) is 14.7. The van der Waals surface area contributed by atoms with Crippen molar-refractivity contribution in [2.24, 2.45) is 0 Å². The molecule has 0 atom stereocenters. The first-order chi connectivity index (χ1) is 15.9. The molecular weight excluding hydrogens is 430 g/mol. The maximum atomic E-state index is 13.1. The van der Waals surface area contributed by atoms with Crippen molar-refractivity contribution in [1.82, 2.24) is 8.97 Å². The summed E-state index contributed by atoms with van der Waals surface area (Å²) in [6.45, 7) is 14.7. The van der Waals surface area contributed by atoms with Crippen LogP contribution in [0.5, 0.6) is 0 Å². The van der Waals surface area contributed by atoms with Crippen molar-refractivity contribution >= 4 is 52.4 Å². The summed E-state index contributed by atoms with van der Waals surface area (Å²) < 4.78 is 15.4. The van der Waals surface area contributed by atoms with Crippen LogP contribution in [0.4, 0.5) is 5.69 Å². The van der Waals surface area contributed by atoms with E-state index < -0.39 is 8.07 Å². The van der Waals surface area contributed by atoms with Gasteiger partial charge in [0.2, 0.25) is 0 Å². The third kappa shape index (κ3) is 3.38. The lowest BCUT2D eigenvalue weighted by molar-refractivity contribution is 0.0593. The molecule has 33 heavy (non-hydrogen) atoms. The molecule has 1 aliphatic rings. The van der Waals surface area contributed by atoms with E-state index in [0.717, 1.165) is 40.4 Å². The molecule has 5 rings (SSSR count). The molecule has 0 radical (unpaired) electrons. The summed E-state index contributed by atoms with van der Waals surface area (Å²) in [5.74, 6) is -0.314. The zero-order chi connectivity index (χ0) is 23.3. The molecule has 0 amide bonds. The van der Waals surface area contributed by atoms with Crippen LogP contribution in [0.3, 0.4) is 0 Å². The average Bonchev–Trinajstić information content (AvgIpc) is 3.36. The molecule has 0 aliphatic carbocycles. The van der Waals surface area contributed by atoms with E-state index in [1.54, 1.807) is 0 Å². The molecule has 3 aromatic heterocycles. The quantitative estimate of drug-likeness (QED) is 0.251. The lowest BCUT2D eigenvalue weighted by Gasteiger charge is -2.28. The van der Waals surface area contributed by atoms with E-state index in [1.165, 1.54) is 18.1 Å². The molecule has 0 N–H and O–H groups in total. The standard InChI is InChI=1S/C26H31N3O3Si/c1-6-11-28-20-10-8-7-9-18(20)19-16-22(26(30)31-2)29-23(33(3,4)5)17-21(25(29)24(19)28)27-12-14-32-15-13-27/h6-10,16-17H,1,11-15H2,2-5H3. The van der Waals surface area contributed by atoms with Crippen molar-refractivity contribution in [2.45, 2.75) is 26.2 Å². The maximum absolute atomic E-state index is 13.1. The number of rotatable bonds is 5. The van der Waals surface area contributed by atoms with Crippen molar-refractivity contribution in [3.63, 3.8) is 0 Å². The predicted octanol–water partition coefficient (Wildman–Crippen LogP) is 4.40. The van der Waals surface area contributed by atoms with Gasteiger partial charge in [0, 0.05) is 41.2 Å². The molecule has 4 aromatic rings. The van der Waals surface area contributed by atoms with E-state index in [-0.39, 0.29) is 5.97 Å². The number of benzene rings is 1. The number of morpholine rings is 1. The predicted molar refractivity (Wildman–Crippen MR) is 138 cm³/mol. The van der Waals surface area contributed by atoms with Crippen LogP contribution in [-0.4, -0.2) is 56.4 Å². The van der Waals surface area contributed by atoms with Crippen LogP contribution in [0.25, 0.3) is 27.3 Å². The van der Waals surface area contributed by atoms with E-state index in [2.05, 4.69) is 70.4 Å². The van der Waals surface area contributed by atoms with Crippen LogP contribution in [0, 0.1) is 0 Å². The fraction of sp³-hybridized carbons (Fsp3) is 0.346. The molecule has 1 fully saturated rings. The number of carbonyl (C=O) groups excluding carboxylic acids is 1. The minimum atomic E-state index is -1.82. The first-order valence-corrected chi connectivity index (χ1v) is 15.0. The Morgan fingerprint density at radius 3 is 2.52 bits per heavy atom. The summed E-state index contributed by atoms with van der Waals surface area (Å²) in [4.78, 5) is 15.5. The fourth-order valence-corrected chi connectivity index (χ4v) is 6.55. The first kappa shape index (κ1) is 21.8. The second-order valence-electron chi connectivity index (χ2n) is 9.65. The smallest absolute Gasteiger partial charge is 0.355 e. The van der Waals surface area contributed by atoms with Crippen molar-refractivity contribution in [3.8, 4) is 0 Å². The molecule has 1 aliphatic heterocycles. The van der Waals surface area contributed by atoms with Gasteiger partial charge in [-0.3, -0.25) is 0 Å². The van der Waals surface area contributed by atoms with Gasteiger partial charge >= 0.3 is 5.97 Å². The Balaban J connectivity index is 2.04. The van der Waals surface area contributed by atoms with Crippen molar-refractivity contribution < 1.29 is 14.3 Å². The highest BCUT2D eigenvalue weighted by molar-refractivity contribution is 6.88. The Hall–Kier alpha value is -3.03. The number of pyridine rings is 1. The maximum Gasteiger partial charge on any atom is 0.355 e. The van der Waals surface area contributed by atoms with Gasteiger partial charge in [0.15, 0.2) is 0 Å². The van der Waals surface area contributed by atoms with E-state index in [0.29, 0.717) is 25.5 Å². The largest absolute Gasteiger partial charge is 0.464 e.